The SMILES string of the molecule is N#Cc1cccn(Cc2cccc(F)c2Br)c1=O. The molecule has 0 amide bonds. The molecule has 1 aromatic heterocycles. The van der Waals surface area contributed by atoms with Gasteiger partial charge in [-0.25, -0.2) is 4.39 Å². The summed E-state index contributed by atoms with van der Waals surface area (Å²) in [5, 5.41) is 8.78. The first-order valence-electron chi connectivity index (χ1n) is 5.16. The van der Waals surface area contributed by atoms with Crippen molar-refractivity contribution in [3.63, 3.8) is 0 Å². The third-order valence-corrected chi connectivity index (χ3v) is 3.40. The zero-order chi connectivity index (χ0) is 13.1. The van der Waals surface area contributed by atoms with Gasteiger partial charge in [-0.2, -0.15) is 5.26 Å². The summed E-state index contributed by atoms with van der Waals surface area (Å²) in [6.07, 6.45) is 1.57. The van der Waals surface area contributed by atoms with Crippen molar-refractivity contribution in [2.75, 3.05) is 0 Å². The monoisotopic (exact) mass is 306 g/mol. The van der Waals surface area contributed by atoms with E-state index in [9.17, 15) is 9.18 Å². The van der Waals surface area contributed by atoms with Crippen molar-refractivity contribution in [1.82, 2.24) is 4.57 Å². The highest BCUT2D eigenvalue weighted by molar-refractivity contribution is 9.10. The molecule has 0 spiro atoms. The molecule has 2 rings (SSSR count). The lowest BCUT2D eigenvalue weighted by Crippen LogP contribution is -2.22. The van der Waals surface area contributed by atoms with Crippen molar-refractivity contribution in [2.45, 2.75) is 6.54 Å². The Balaban J connectivity index is 2.45. The fourth-order valence-corrected chi connectivity index (χ4v) is 1.99. The van der Waals surface area contributed by atoms with Crippen molar-refractivity contribution in [1.29, 1.82) is 5.26 Å². The molecule has 0 aliphatic carbocycles. The van der Waals surface area contributed by atoms with Crippen LogP contribution >= 0.6 is 15.9 Å². The largest absolute Gasteiger partial charge is 0.310 e. The maximum Gasteiger partial charge on any atom is 0.268 e. The number of hydrogen-bond acceptors (Lipinski definition) is 2. The van der Waals surface area contributed by atoms with Crippen LogP contribution < -0.4 is 5.56 Å². The van der Waals surface area contributed by atoms with Gasteiger partial charge in [-0.05, 0) is 39.7 Å². The van der Waals surface area contributed by atoms with Gasteiger partial charge in [0.1, 0.15) is 17.4 Å². The number of halogens is 2. The molecule has 0 unspecified atom stereocenters. The molecule has 1 heterocycles. The van der Waals surface area contributed by atoms with Crippen molar-refractivity contribution >= 4 is 15.9 Å². The Labute approximate surface area is 111 Å². The molecule has 0 N–H and O–H groups in total. The maximum absolute atomic E-state index is 13.3. The Bertz CT molecular complexity index is 688. The summed E-state index contributed by atoms with van der Waals surface area (Å²) in [4.78, 5) is 11.8. The summed E-state index contributed by atoms with van der Waals surface area (Å²) >= 11 is 3.14. The van der Waals surface area contributed by atoms with E-state index in [4.69, 9.17) is 5.26 Å². The molecule has 0 saturated heterocycles. The molecule has 18 heavy (non-hydrogen) atoms. The predicted octanol–water partition coefficient (Wildman–Crippen LogP) is 2.67. The van der Waals surface area contributed by atoms with Crippen molar-refractivity contribution < 1.29 is 4.39 Å². The van der Waals surface area contributed by atoms with Gasteiger partial charge in [0.05, 0.1) is 11.0 Å². The second-order valence-corrected chi connectivity index (χ2v) is 4.47. The van der Waals surface area contributed by atoms with E-state index in [1.807, 2.05) is 6.07 Å². The van der Waals surface area contributed by atoms with Crippen molar-refractivity contribution in [2.24, 2.45) is 0 Å². The Morgan fingerprint density at radius 1 is 1.33 bits per heavy atom. The molecule has 2 aromatic rings. The van der Waals surface area contributed by atoms with Crippen LogP contribution in [-0.2, 0) is 6.54 Å². The number of pyridine rings is 1. The zero-order valence-corrected chi connectivity index (χ0v) is 10.8. The number of rotatable bonds is 2. The van der Waals surface area contributed by atoms with E-state index in [1.165, 1.54) is 16.7 Å². The third kappa shape index (κ3) is 2.34. The van der Waals surface area contributed by atoms with E-state index in [0.29, 0.717) is 10.0 Å². The van der Waals surface area contributed by atoms with Gasteiger partial charge in [0.2, 0.25) is 0 Å². The van der Waals surface area contributed by atoms with E-state index in [2.05, 4.69) is 15.9 Å². The quantitative estimate of drug-likeness (QED) is 0.856. The molecule has 0 bridgehead atoms. The Morgan fingerprint density at radius 3 is 2.83 bits per heavy atom. The molecule has 0 saturated carbocycles. The number of aromatic nitrogens is 1. The van der Waals surface area contributed by atoms with Gasteiger partial charge in [-0.1, -0.05) is 12.1 Å². The van der Waals surface area contributed by atoms with Crippen LogP contribution in [0.15, 0.2) is 45.8 Å². The molecule has 0 aliphatic rings. The number of nitriles is 1. The van der Waals surface area contributed by atoms with Crippen LogP contribution in [0, 0.1) is 17.1 Å². The second-order valence-electron chi connectivity index (χ2n) is 3.68. The second kappa shape index (κ2) is 5.15. The molecule has 0 atom stereocenters. The summed E-state index contributed by atoms with van der Waals surface area (Å²) < 4.78 is 15.0. The molecule has 5 heteroatoms. The lowest BCUT2D eigenvalue weighted by molar-refractivity contribution is 0.615. The van der Waals surface area contributed by atoms with E-state index >= 15 is 0 Å². The van der Waals surface area contributed by atoms with Crippen LogP contribution in [0.1, 0.15) is 11.1 Å². The number of nitrogens with zero attached hydrogens (tertiary/aromatic N) is 2. The molecule has 1 aromatic carbocycles. The van der Waals surface area contributed by atoms with Gasteiger partial charge in [0.25, 0.3) is 5.56 Å². The van der Waals surface area contributed by atoms with E-state index < -0.39 is 0 Å². The van der Waals surface area contributed by atoms with Gasteiger partial charge in [0, 0.05) is 6.20 Å². The Hall–Kier alpha value is -1.93. The molecule has 0 aliphatic heterocycles. The van der Waals surface area contributed by atoms with Gasteiger partial charge in [0.15, 0.2) is 0 Å². The standard InChI is InChI=1S/C13H8BrFN2O/c14-12-10(3-1-5-11(12)15)8-17-6-2-4-9(7-16)13(17)18/h1-6H,8H2. The summed E-state index contributed by atoms with van der Waals surface area (Å²) in [6.45, 7) is 0.215. The van der Waals surface area contributed by atoms with Gasteiger partial charge in [-0.3, -0.25) is 4.79 Å². The summed E-state index contributed by atoms with van der Waals surface area (Å²) in [5.74, 6) is -0.378. The van der Waals surface area contributed by atoms with Crippen LogP contribution in [0.4, 0.5) is 4.39 Å². The number of benzene rings is 1. The average molecular weight is 307 g/mol. The first-order valence-corrected chi connectivity index (χ1v) is 5.95. The smallest absolute Gasteiger partial charge is 0.268 e. The minimum atomic E-state index is -0.379. The van der Waals surface area contributed by atoms with Gasteiger partial charge >= 0.3 is 0 Å². The van der Waals surface area contributed by atoms with Gasteiger partial charge in [-0.15, -0.1) is 0 Å². The van der Waals surface area contributed by atoms with Gasteiger partial charge < -0.3 is 4.57 Å². The first kappa shape index (κ1) is 12.5. The molecule has 90 valence electrons. The van der Waals surface area contributed by atoms with Crippen LogP contribution in [-0.4, -0.2) is 4.57 Å². The molecular weight excluding hydrogens is 299 g/mol. The molecule has 0 radical (unpaired) electrons. The fourth-order valence-electron chi connectivity index (χ4n) is 1.60. The Kier molecular flexibility index (Phi) is 3.58. The van der Waals surface area contributed by atoms with Crippen LogP contribution in [0.2, 0.25) is 0 Å². The predicted molar refractivity (Wildman–Crippen MR) is 68.6 cm³/mol. The first-order chi connectivity index (χ1) is 8.63. The third-order valence-electron chi connectivity index (χ3n) is 2.51. The highest BCUT2D eigenvalue weighted by Crippen LogP contribution is 2.20. The maximum atomic E-state index is 13.3. The summed E-state index contributed by atoms with van der Waals surface area (Å²) in [7, 11) is 0. The van der Waals surface area contributed by atoms with Crippen LogP contribution in [0.5, 0.6) is 0 Å². The van der Waals surface area contributed by atoms with Crippen LogP contribution in [0.25, 0.3) is 0 Å². The Morgan fingerprint density at radius 2 is 2.11 bits per heavy atom. The van der Waals surface area contributed by atoms with Crippen molar-refractivity contribution in [3.05, 3.63) is 68.3 Å². The average Bonchev–Trinajstić information content (AvgIpc) is 2.37. The van der Waals surface area contributed by atoms with Crippen molar-refractivity contribution in [3.8, 4) is 6.07 Å². The lowest BCUT2D eigenvalue weighted by Gasteiger charge is -2.08. The minimum Gasteiger partial charge on any atom is -0.310 e. The van der Waals surface area contributed by atoms with Crippen LogP contribution in [0.3, 0.4) is 0 Å². The zero-order valence-electron chi connectivity index (χ0n) is 9.23. The summed E-state index contributed by atoms with van der Waals surface area (Å²) in [6, 6.07) is 9.54. The normalized spacial score (nSPS) is 10.1. The highest BCUT2D eigenvalue weighted by atomic mass is 79.9. The molecular formula is C13H8BrFN2O. The molecule has 0 fully saturated rings. The number of hydrogen-bond donors (Lipinski definition) is 0. The topological polar surface area (TPSA) is 45.8 Å². The van der Waals surface area contributed by atoms with E-state index in [-0.39, 0.29) is 23.5 Å². The highest BCUT2D eigenvalue weighted by Gasteiger charge is 2.08. The van der Waals surface area contributed by atoms with E-state index in [0.717, 1.165) is 0 Å². The summed E-state index contributed by atoms with van der Waals surface area (Å²) in [5.41, 5.74) is 0.341. The minimum absolute atomic E-state index is 0.0741. The lowest BCUT2D eigenvalue weighted by atomic mass is 10.2. The molecule has 3 nitrogen and oxygen atoms in total. The fraction of sp³-hybridized carbons (Fsp3) is 0.0769. The van der Waals surface area contributed by atoms with E-state index in [1.54, 1.807) is 24.4 Å².